The highest BCUT2D eigenvalue weighted by Gasteiger charge is 2.29. The second-order valence-corrected chi connectivity index (χ2v) is 5.21. The molecule has 17 heavy (non-hydrogen) atoms. The number of aliphatic hydroxyl groups excluding tert-OH is 2. The van der Waals surface area contributed by atoms with Crippen LogP contribution in [-0.2, 0) is 4.79 Å². The molecule has 4 N–H and O–H groups in total. The van der Waals surface area contributed by atoms with Crippen molar-refractivity contribution in [3.63, 3.8) is 0 Å². The molecule has 4 atom stereocenters. The molecule has 0 aromatic carbocycles. The zero-order valence-electron chi connectivity index (χ0n) is 10.1. The lowest BCUT2D eigenvalue weighted by Crippen LogP contribution is -2.44. The molecule has 0 bridgehead atoms. The molecule has 0 spiro atoms. The zero-order valence-corrected chi connectivity index (χ0v) is 10.1. The standard InChI is InChI=1S/C12H22N2O3/c15-9-5-10(13-7-9)12(17)14-6-8-3-1-2-4-11(8)16/h8-11,13,15-16H,1-7H2,(H,14,17). The number of rotatable bonds is 3. The highest BCUT2D eigenvalue weighted by molar-refractivity contribution is 5.82. The third-order valence-electron chi connectivity index (χ3n) is 3.83. The Bertz CT molecular complexity index is 272. The van der Waals surface area contributed by atoms with Gasteiger partial charge >= 0.3 is 0 Å². The molecule has 2 fully saturated rings. The number of aliphatic hydroxyl groups is 2. The van der Waals surface area contributed by atoms with Crippen LogP contribution < -0.4 is 10.6 Å². The van der Waals surface area contributed by atoms with Crippen molar-refractivity contribution < 1.29 is 15.0 Å². The average Bonchev–Trinajstić information content (AvgIpc) is 2.74. The van der Waals surface area contributed by atoms with Crippen molar-refractivity contribution in [2.75, 3.05) is 13.1 Å². The predicted octanol–water partition coefficient (Wildman–Crippen LogP) is -0.623. The van der Waals surface area contributed by atoms with E-state index >= 15 is 0 Å². The van der Waals surface area contributed by atoms with Crippen molar-refractivity contribution in [1.29, 1.82) is 0 Å². The van der Waals surface area contributed by atoms with Gasteiger partial charge in [-0.25, -0.2) is 0 Å². The molecular weight excluding hydrogens is 220 g/mol. The third-order valence-corrected chi connectivity index (χ3v) is 3.83. The van der Waals surface area contributed by atoms with Crippen LogP contribution in [0.25, 0.3) is 0 Å². The van der Waals surface area contributed by atoms with E-state index in [1.165, 1.54) is 0 Å². The highest BCUT2D eigenvalue weighted by Crippen LogP contribution is 2.23. The van der Waals surface area contributed by atoms with Crippen LogP contribution in [0.4, 0.5) is 0 Å². The number of hydrogen-bond donors (Lipinski definition) is 4. The molecule has 1 heterocycles. The maximum atomic E-state index is 11.8. The van der Waals surface area contributed by atoms with E-state index in [1.54, 1.807) is 0 Å². The molecule has 2 aliphatic rings. The Morgan fingerprint density at radius 3 is 2.71 bits per heavy atom. The minimum Gasteiger partial charge on any atom is -0.393 e. The predicted molar refractivity (Wildman–Crippen MR) is 63.4 cm³/mol. The van der Waals surface area contributed by atoms with Crippen LogP contribution in [0.2, 0.25) is 0 Å². The summed E-state index contributed by atoms with van der Waals surface area (Å²) in [5, 5.41) is 25.0. The van der Waals surface area contributed by atoms with Crippen molar-refractivity contribution in [3.05, 3.63) is 0 Å². The fourth-order valence-corrected chi connectivity index (χ4v) is 2.70. The van der Waals surface area contributed by atoms with E-state index in [-0.39, 0.29) is 24.0 Å². The number of nitrogens with one attached hydrogen (secondary N) is 2. The molecule has 1 saturated heterocycles. The van der Waals surface area contributed by atoms with Gasteiger partial charge in [-0.15, -0.1) is 0 Å². The second-order valence-electron chi connectivity index (χ2n) is 5.21. The molecule has 1 aliphatic carbocycles. The third kappa shape index (κ3) is 3.40. The number of β-amino-alcohol motifs (C(OH)–C–C–N with tert-alkyl or cyclic N) is 1. The largest absolute Gasteiger partial charge is 0.393 e. The Kier molecular flexibility index (Phi) is 4.36. The monoisotopic (exact) mass is 242 g/mol. The fraction of sp³-hybridized carbons (Fsp3) is 0.917. The van der Waals surface area contributed by atoms with E-state index in [0.29, 0.717) is 19.5 Å². The first kappa shape index (κ1) is 12.8. The van der Waals surface area contributed by atoms with Crippen molar-refractivity contribution in [1.82, 2.24) is 10.6 Å². The van der Waals surface area contributed by atoms with Crippen molar-refractivity contribution in [2.45, 2.75) is 50.4 Å². The van der Waals surface area contributed by atoms with Gasteiger partial charge in [-0.3, -0.25) is 4.79 Å². The molecule has 1 aliphatic heterocycles. The van der Waals surface area contributed by atoms with E-state index in [4.69, 9.17) is 0 Å². The van der Waals surface area contributed by atoms with Gasteiger partial charge in [-0.05, 0) is 19.3 Å². The van der Waals surface area contributed by atoms with E-state index in [1.807, 2.05) is 0 Å². The van der Waals surface area contributed by atoms with Gasteiger partial charge in [0.2, 0.25) is 5.91 Å². The molecule has 5 nitrogen and oxygen atoms in total. The minimum absolute atomic E-state index is 0.0562. The Balaban J connectivity index is 1.72. The van der Waals surface area contributed by atoms with Crippen LogP contribution >= 0.6 is 0 Å². The normalized spacial score (nSPS) is 38.0. The van der Waals surface area contributed by atoms with Gasteiger partial charge < -0.3 is 20.8 Å². The summed E-state index contributed by atoms with van der Waals surface area (Å²) >= 11 is 0. The lowest BCUT2D eigenvalue weighted by atomic mass is 9.86. The van der Waals surface area contributed by atoms with Crippen LogP contribution in [0, 0.1) is 5.92 Å². The molecule has 0 aromatic rings. The van der Waals surface area contributed by atoms with Gasteiger partial charge in [0.15, 0.2) is 0 Å². The van der Waals surface area contributed by atoms with Crippen LogP contribution in [0.15, 0.2) is 0 Å². The molecule has 98 valence electrons. The molecule has 4 unspecified atom stereocenters. The van der Waals surface area contributed by atoms with Gasteiger partial charge in [0, 0.05) is 19.0 Å². The number of amides is 1. The Morgan fingerprint density at radius 1 is 1.29 bits per heavy atom. The summed E-state index contributed by atoms with van der Waals surface area (Å²) in [6, 6.07) is -0.272. The second kappa shape index (κ2) is 5.80. The molecular formula is C12H22N2O3. The van der Waals surface area contributed by atoms with Crippen LogP contribution in [0.5, 0.6) is 0 Å². The summed E-state index contributed by atoms with van der Waals surface area (Å²) in [6.07, 6.45) is 3.86. The van der Waals surface area contributed by atoms with Crippen molar-refractivity contribution >= 4 is 5.91 Å². The molecule has 0 radical (unpaired) electrons. The van der Waals surface area contributed by atoms with Crippen LogP contribution in [0.1, 0.15) is 32.1 Å². The van der Waals surface area contributed by atoms with E-state index in [0.717, 1.165) is 25.7 Å². The van der Waals surface area contributed by atoms with Gasteiger partial charge in [0.05, 0.1) is 18.2 Å². The maximum Gasteiger partial charge on any atom is 0.237 e. The van der Waals surface area contributed by atoms with Crippen LogP contribution in [0.3, 0.4) is 0 Å². The molecule has 2 rings (SSSR count). The molecule has 1 saturated carbocycles. The molecule has 0 aromatic heterocycles. The summed E-state index contributed by atoms with van der Waals surface area (Å²) < 4.78 is 0. The minimum atomic E-state index is -0.411. The fourth-order valence-electron chi connectivity index (χ4n) is 2.70. The topological polar surface area (TPSA) is 81.6 Å². The lowest BCUT2D eigenvalue weighted by molar-refractivity contribution is -0.123. The maximum absolute atomic E-state index is 11.8. The number of carbonyl (C=O) groups is 1. The number of hydrogen-bond acceptors (Lipinski definition) is 4. The van der Waals surface area contributed by atoms with Gasteiger partial charge in [-0.2, -0.15) is 0 Å². The summed E-state index contributed by atoms with van der Waals surface area (Å²) in [5.74, 6) is 0.137. The quantitative estimate of drug-likeness (QED) is 0.531. The van der Waals surface area contributed by atoms with Crippen LogP contribution in [-0.4, -0.2) is 47.5 Å². The smallest absolute Gasteiger partial charge is 0.237 e. The lowest BCUT2D eigenvalue weighted by Gasteiger charge is -2.28. The van der Waals surface area contributed by atoms with Crippen molar-refractivity contribution in [2.24, 2.45) is 5.92 Å². The van der Waals surface area contributed by atoms with Gasteiger partial charge in [0.25, 0.3) is 0 Å². The number of carbonyl (C=O) groups excluding carboxylic acids is 1. The first-order valence-electron chi connectivity index (χ1n) is 6.54. The highest BCUT2D eigenvalue weighted by atomic mass is 16.3. The van der Waals surface area contributed by atoms with Gasteiger partial charge in [0.1, 0.15) is 0 Å². The first-order chi connectivity index (χ1) is 8.16. The summed E-state index contributed by atoms with van der Waals surface area (Å²) in [5.41, 5.74) is 0. The SMILES string of the molecule is O=C(NCC1CCCCC1O)C1CC(O)CN1. The molecule has 1 amide bonds. The van der Waals surface area contributed by atoms with E-state index < -0.39 is 6.10 Å². The summed E-state index contributed by atoms with van der Waals surface area (Å²) in [7, 11) is 0. The zero-order chi connectivity index (χ0) is 12.3. The average molecular weight is 242 g/mol. The first-order valence-corrected chi connectivity index (χ1v) is 6.54. The summed E-state index contributed by atoms with van der Waals surface area (Å²) in [4.78, 5) is 11.8. The summed E-state index contributed by atoms with van der Waals surface area (Å²) in [6.45, 7) is 1.04. The molecule has 5 heteroatoms. The Labute approximate surface area is 102 Å². The van der Waals surface area contributed by atoms with E-state index in [2.05, 4.69) is 10.6 Å². The Hall–Kier alpha value is -0.650. The van der Waals surface area contributed by atoms with Crippen molar-refractivity contribution in [3.8, 4) is 0 Å². The Morgan fingerprint density at radius 2 is 2.06 bits per heavy atom. The van der Waals surface area contributed by atoms with Gasteiger partial charge in [-0.1, -0.05) is 12.8 Å². The van der Waals surface area contributed by atoms with E-state index in [9.17, 15) is 15.0 Å².